The molecule has 116 valence electrons. The lowest BCUT2D eigenvalue weighted by Crippen LogP contribution is -2.51. The van der Waals surface area contributed by atoms with Gasteiger partial charge in [0.1, 0.15) is 19.8 Å². The lowest BCUT2D eigenvalue weighted by Gasteiger charge is -2.42. The van der Waals surface area contributed by atoms with Crippen LogP contribution in [0.5, 0.6) is 0 Å². The van der Waals surface area contributed by atoms with E-state index in [4.69, 9.17) is 4.74 Å². The Kier molecular flexibility index (Phi) is 3.88. The van der Waals surface area contributed by atoms with Crippen LogP contribution in [0.1, 0.15) is 33.1 Å². The van der Waals surface area contributed by atoms with Crippen LogP contribution in [-0.2, 0) is 9.53 Å². The first-order valence-corrected chi connectivity index (χ1v) is 11.1. The quantitative estimate of drug-likeness (QED) is 0.369. The molecule has 2 aliphatic rings. The van der Waals surface area contributed by atoms with E-state index in [2.05, 4.69) is 44.6 Å². The van der Waals surface area contributed by atoms with Crippen molar-refractivity contribution < 1.29 is 14.6 Å². The summed E-state index contributed by atoms with van der Waals surface area (Å²) in [6, 6.07) is 0. The Morgan fingerprint density at radius 1 is 1.52 bits per heavy atom. The Labute approximate surface area is 128 Å². The Morgan fingerprint density at radius 3 is 2.67 bits per heavy atom. The Morgan fingerprint density at radius 2 is 2.14 bits per heavy atom. The number of ether oxygens (including phenoxy) is 1. The summed E-state index contributed by atoms with van der Waals surface area (Å²) in [6.07, 6.45) is 1.06. The van der Waals surface area contributed by atoms with Crippen molar-refractivity contribution in [2.45, 2.75) is 64.5 Å². The van der Waals surface area contributed by atoms with Gasteiger partial charge in [0.2, 0.25) is 0 Å². The topological polar surface area (TPSA) is 46.5 Å². The molecule has 0 spiro atoms. The molecule has 0 amide bonds. The standard InChI is InChI=1S/C17H26O3Si/c1-12(2)17-9-7-13(3)16(17,11-15(19)20-17)14(18)8-10-21(4,5)6/h13-14,18H,1,7,9,11H2,2-6H3/t13-,14+,16?,17?/m1/s1. The normalized spacial score (nSPS) is 36.5. The number of fused-ring (bicyclic) bond motifs is 1. The number of rotatable bonds is 2. The number of hydrogen-bond acceptors (Lipinski definition) is 3. The van der Waals surface area contributed by atoms with Crippen LogP contribution >= 0.6 is 0 Å². The molecule has 21 heavy (non-hydrogen) atoms. The maximum atomic E-state index is 12.0. The molecule has 2 unspecified atom stereocenters. The number of carbonyl (C=O) groups is 1. The van der Waals surface area contributed by atoms with Gasteiger partial charge in [0.25, 0.3) is 0 Å². The highest BCUT2D eigenvalue weighted by atomic mass is 28.3. The van der Waals surface area contributed by atoms with Crippen molar-refractivity contribution in [2.75, 3.05) is 0 Å². The minimum absolute atomic E-state index is 0.187. The van der Waals surface area contributed by atoms with Gasteiger partial charge in [-0.1, -0.05) is 39.1 Å². The molecule has 1 aliphatic carbocycles. The van der Waals surface area contributed by atoms with Crippen LogP contribution in [0.2, 0.25) is 19.6 Å². The van der Waals surface area contributed by atoms with Crippen molar-refractivity contribution in [1.29, 1.82) is 0 Å². The molecule has 1 N–H and O–H groups in total. The lowest BCUT2D eigenvalue weighted by atomic mass is 9.63. The van der Waals surface area contributed by atoms with E-state index in [0.717, 1.165) is 18.4 Å². The molecule has 1 saturated carbocycles. The van der Waals surface area contributed by atoms with E-state index in [1.807, 2.05) is 6.92 Å². The first kappa shape index (κ1) is 16.3. The summed E-state index contributed by atoms with van der Waals surface area (Å²) >= 11 is 0. The second-order valence-corrected chi connectivity index (χ2v) is 12.4. The van der Waals surface area contributed by atoms with Gasteiger partial charge in [-0.05, 0) is 31.3 Å². The van der Waals surface area contributed by atoms with Crippen molar-refractivity contribution in [1.82, 2.24) is 0 Å². The van der Waals surface area contributed by atoms with E-state index >= 15 is 0 Å². The molecule has 0 aromatic heterocycles. The first-order valence-electron chi connectivity index (χ1n) is 7.64. The second kappa shape index (κ2) is 5.00. The van der Waals surface area contributed by atoms with Gasteiger partial charge in [0.05, 0.1) is 11.8 Å². The fourth-order valence-corrected chi connectivity index (χ4v) is 4.51. The Balaban J connectivity index is 2.50. The summed E-state index contributed by atoms with van der Waals surface area (Å²) in [6.45, 7) is 14.5. The van der Waals surface area contributed by atoms with E-state index in [-0.39, 0.29) is 18.3 Å². The Hall–Kier alpha value is -1.05. The lowest BCUT2D eigenvalue weighted by molar-refractivity contribution is -0.148. The summed E-state index contributed by atoms with van der Waals surface area (Å²) < 4.78 is 5.71. The summed E-state index contributed by atoms with van der Waals surface area (Å²) in [5.74, 6) is 3.00. The molecular weight excluding hydrogens is 280 g/mol. The fraction of sp³-hybridized carbons (Fsp3) is 0.706. The van der Waals surface area contributed by atoms with Crippen LogP contribution in [0.3, 0.4) is 0 Å². The van der Waals surface area contributed by atoms with E-state index in [0.29, 0.717) is 0 Å². The molecular formula is C17H26O3Si. The highest BCUT2D eigenvalue weighted by molar-refractivity contribution is 6.83. The number of hydrogen-bond donors (Lipinski definition) is 1. The van der Waals surface area contributed by atoms with Crippen molar-refractivity contribution >= 4 is 14.0 Å². The fourth-order valence-electron chi connectivity index (χ4n) is 3.94. The van der Waals surface area contributed by atoms with E-state index in [1.54, 1.807) is 0 Å². The SMILES string of the molecule is C=C(C)C12CC[C@@H](C)C1([C@@H](O)C#C[Si](C)(C)C)CC(=O)O2. The van der Waals surface area contributed by atoms with E-state index in [9.17, 15) is 9.90 Å². The molecule has 4 atom stereocenters. The largest absolute Gasteiger partial charge is 0.454 e. The Bertz CT molecular complexity index is 536. The second-order valence-electron chi connectivity index (χ2n) is 7.66. The molecule has 0 radical (unpaired) electrons. The van der Waals surface area contributed by atoms with Crippen LogP contribution in [0.15, 0.2) is 12.2 Å². The third kappa shape index (κ3) is 2.37. The van der Waals surface area contributed by atoms with Crippen molar-refractivity contribution in [3.05, 3.63) is 12.2 Å². The van der Waals surface area contributed by atoms with E-state index < -0.39 is 25.2 Å². The zero-order valence-electron chi connectivity index (χ0n) is 13.7. The van der Waals surface area contributed by atoms with Crippen LogP contribution in [0.4, 0.5) is 0 Å². The number of aliphatic hydroxyl groups is 1. The molecule has 1 saturated heterocycles. The highest BCUT2D eigenvalue weighted by Crippen LogP contribution is 2.63. The molecule has 1 aliphatic heterocycles. The predicted molar refractivity (Wildman–Crippen MR) is 86.2 cm³/mol. The van der Waals surface area contributed by atoms with E-state index in [1.165, 1.54) is 0 Å². The van der Waals surface area contributed by atoms with Crippen molar-refractivity contribution in [3.8, 4) is 11.5 Å². The minimum Gasteiger partial charge on any atom is -0.454 e. The molecule has 1 heterocycles. The van der Waals surface area contributed by atoms with Gasteiger partial charge in [-0.15, -0.1) is 5.54 Å². The summed E-state index contributed by atoms with van der Waals surface area (Å²) in [5.41, 5.74) is 2.69. The molecule has 0 aromatic rings. The zero-order valence-corrected chi connectivity index (χ0v) is 14.7. The summed E-state index contributed by atoms with van der Waals surface area (Å²) in [5, 5.41) is 10.9. The van der Waals surface area contributed by atoms with Crippen LogP contribution in [0, 0.1) is 22.8 Å². The van der Waals surface area contributed by atoms with Crippen LogP contribution in [-0.4, -0.2) is 30.9 Å². The highest BCUT2D eigenvalue weighted by Gasteiger charge is 2.69. The van der Waals surface area contributed by atoms with Crippen molar-refractivity contribution in [2.24, 2.45) is 11.3 Å². The van der Waals surface area contributed by atoms with Crippen LogP contribution in [0.25, 0.3) is 0 Å². The van der Waals surface area contributed by atoms with Crippen LogP contribution < -0.4 is 0 Å². The zero-order chi connectivity index (χ0) is 16.1. The molecule has 4 heteroatoms. The number of carbonyl (C=O) groups excluding carboxylic acids is 1. The molecule has 0 bridgehead atoms. The maximum absolute atomic E-state index is 12.0. The van der Waals surface area contributed by atoms with Gasteiger partial charge in [0, 0.05) is 0 Å². The van der Waals surface area contributed by atoms with Gasteiger partial charge in [-0.2, -0.15) is 0 Å². The summed E-state index contributed by atoms with van der Waals surface area (Å²) in [7, 11) is -1.58. The van der Waals surface area contributed by atoms with Crippen molar-refractivity contribution in [3.63, 3.8) is 0 Å². The average Bonchev–Trinajstić information content (AvgIpc) is 2.80. The molecule has 3 nitrogen and oxygen atoms in total. The van der Waals surface area contributed by atoms with Gasteiger partial charge in [0.15, 0.2) is 0 Å². The number of aliphatic hydroxyl groups excluding tert-OH is 1. The number of esters is 1. The molecule has 0 aromatic carbocycles. The third-order valence-electron chi connectivity index (χ3n) is 5.05. The smallest absolute Gasteiger partial charge is 0.307 e. The van der Waals surface area contributed by atoms with Gasteiger partial charge in [-0.3, -0.25) is 4.79 Å². The summed E-state index contributed by atoms with van der Waals surface area (Å²) in [4.78, 5) is 12.0. The predicted octanol–water partition coefficient (Wildman–Crippen LogP) is 2.91. The van der Waals surface area contributed by atoms with Gasteiger partial charge >= 0.3 is 5.97 Å². The molecule has 2 fully saturated rings. The maximum Gasteiger partial charge on any atom is 0.307 e. The van der Waals surface area contributed by atoms with Gasteiger partial charge < -0.3 is 9.84 Å². The third-order valence-corrected chi connectivity index (χ3v) is 5.94. The first-order chi connectivity index (χ1) is 9.55. The molecule has 2 rings (SSSR count). The van der Waals surface area contributed by atoms with Gasteiger partial charge in [-0.25, -0.2) is 0 Å². The monoisotopic (exact) mass is 306 g/mol. The minimum atomic E-state index is -1.58. The average molecular weight is 306 g/mol.